The summed E-state index contributed by atoms with van der Waals surface area (Å²) in [4.78, 5) is 12.4. The number of thiophene rings is 1. The fourth-order valence-electron chi connectivity index (χ4n) is 4.04. The van der Waals surface area contributed by atoms with Crippen LogP contribution in [0.1, 0.15) is 18.1 Å². The Bertz CT molecular complexity index is 796. The van der Waals surface area contributed by atoms with Gasteiger partial charge in [0, 0.05) is 52.4 Å². The van der Waals surface area contributed by atoms with E-state index in [2.05, 4.69) is 68.7 Å². The summed E-state index contributed by atoms with van der Waals surface area (Å²) in [7, 11) is 0. The lowest BCUT2D eigenvalue weighted by Gasteiger charge is -2.37. The Hall–Kier alpha value is -2.09. The van der Waals surface area contributed by atoms with Crippen molar-refractivity contribution in [2.24, 2.45) is 4.99 Å². The van der Waals surface area contributed by atoms with Gasteiger partial charge in [-0.15, -0.1) is 11.3 Å². The van der Waals surface area contributed by atoms with Crippen molar-refractivity contribution >= 4 is 22.3 Å². The first kappa shape index (κ1) is 21.2. The normalized spacial score (nSPS) is 18.6. The maximum atomic E-state index is 5.49. The SMILES string of the molecule is CCNC(=NCc1ccccc1CN1CCOCC1)N1CCN(c2cccs2)CC1. The minimum Gasteiger partial charge on any atom is -0.379 e. The van der Waals surface area contributed by atoms with Gasteiger partial charge in [0.25, 0.3) is 0 Å². The third-order valence-electron chi connectivity index (χ3n) is 5.75. The van der Waals surface area contributed by atoms with Gasteiger partial charge in [-0.05, 0) is 35.6 Å². The summed E-state index contributed by atoms with van der Waals surface area (Å²) in [6.45, 7) is 12.5. The molecule has 1 aromatic carbocycles. The molecule has 2 aromatic rings. The number of hydrogen-bond donors (Lipinski definition) is 1. The van der Waals surface area contributed by atoms with Crippen LogP contribution < -0.4 is 10.2 Å². The Morgan fingerprint density at radius 3 is 2.47 bits per heavy atom. The van der Waals surface area contributed by atoms with Gasteiger partial charge in [0.15, 0.2) is 5.96 Å². The van der Waals surface area contributed by atoms with Crippen LogP contribution in [0.3, 0.4) is 0 Å². The Morgan fingerprint density at radius 1 is 1.00 bits per heavy atom. The van der Waals surface area contributed by atoms with E-state index in [1.165, 1.54) is 16.1 Å². The van der Waals surface area contributed by atoms with Crippen LogP contribution in [0.2, 0.25) is 0 Å². The third kappa shape index (κ3) is 5.53. The fourth-order valence-corrected chi connectivity index (χ4v) is 4.83. The van der Waals surface area contributed by atoms with E-state index in [-0.39, 0.29) is 0 Å². The molecule has 2 aliphatic rings. The zero-order valence-electron chi connectivity index (χ0n) is 17.9. The molecule has 0 radical (unpaired) electrons. The molecule has 0 aliphatic carbocycles. The lowest BCUT2D eigenvalue weighted by atomic mass is 10.1. The minimum absolute atomic E-state index is 0.716. The molecule has 0 saturated carbocycles. The van der Waals surface area contributed by atoms with Crippen LogP contribution in [0.25, 0.3) is 0 Å². The molecule has 0 amide bonds. The molecular formula is C23H33N5OS. The van der Waals surface area contributed by atoms with E-state index in [0.29, 0.717) is 6.54 Å². The monoisotopic (exact) mass is 427 g/mol. The number of nitrogens with one attached hydrogen (secondary N) is 1. The molecule has 1 aromatic heterocycles. The van der Waals surface area contributed by atoms with E-state index < -0.39 is 0 Å². The van der Waals surface area contributed by atoms with Crippen molar-refractivity contribution in [2.45, 2.75) is 20.0 Å². The topological polar surface area (TPSA) is 43.3 Å². The van der Waals surface area contributed by atoms with Gasteiger partial charge >= 0.3 is 0 Å². The molecule has 2 fully saturated rings. The fraction of sp³-hybridized carbons (Fsp3) is 0.522. The maximum absolute atomic E-state index is 5.49. The molecule has 6 nitrogen and oxygen atoms in total. The van der Waals surface area contributed by atoms with Crippen LogP contribution in [-0.4, -0.2) is 74.8 Å². The molecule has 162 valence electrons. The van der Waals surface area contributed by atoms with Crippen molar-refractivity contribution in [3.8, 4) is 0 Å². The highest BCUT2D eigenvalue weighted by atomic mass is 32.1. The molecule has 4 rings (SSSR count). The average Bonchev–Trinajstić information content (AvgIpc) is 3.33. The molecule has 1 N–H and O–H groups in total. The van der Waals surface area contributed by atoms with Crippen LogP contribution in [0.15, 0.2) is 46.8 Å². The average molecular weight is 428 g/mol. The van der Waals surface area contributed by atoms with Crippen LogP contribution in [-0.2, 0) is 17.8 Å². The zero-order chi connectivity index (χ0) is 20.6. The summed E-state index contributed by atoms with van der Waals surface area (Å²) < 4.78 is 5.49. The standard InChI is InChI=1S/C23H33N5OS/c1-2-24-23(28-11-9-27(10-12-28)22-8-5-17-30-22)25-18-20-6-3-4-7-21(20)19-26-13-15-29-16-14-26/h3-8,17H,2,9-16,18-19H2,1H3,(H,24,25). The second-order valence-electron chi connectivity index (χ2n) is 7.75. The highest BCUT2D eigenvalue weighted by molar-refractivity contribution is 7.14. The maximum Gasteiger partial charge on any atom is 0.194 e. The number of guanidine groups is 1. The van der Waals surface area contributed by atoms with Gasteiger partial charge in [0.1, 0.15) is 0 Å². The van der Waals surface area contributed by atoms with E-state index in [0.717, 1.165) is 71.5 Å². The number of ether oxygens (including phenoxy) is 1. The van der Waals surface area contributed by atoms with Crippen molar-refractivity contribution in [1.82, 2.24) is 15.1 Å². The summed E-state index contributed by atoms with van der Waals surface area (Å²) >= 11 is 1.82. The van der Waals surface area contributed by atoms with Gasteiger partial charge in [-0.25, -0.2) is 4.99 Å². The van der Waals surface area contributed by atoms with Crippen molar-refractivity contribution in [2.75, 3.05) is 63.9 Å². The molecule has 0 atom stereocenters. The summed E-state index contributed by atoms with van der Waals surface area (Å²) in [6.07, 6.45) is 0. The molecule has 0 unspecified atom stereocenters. The number of nitrogens with zero attached hydrogens (tertiary/aromatic N) is 4. The number of morpholine rings is 1. The van der Waals surface area contributed by atoms with E-state index >= 15 is 0 Å². The van der Waals surface area contributed by atoms with Crippen molar-refractivity contribution < 1.29 is 4.74 Å². The molecule has 30 heavy (non-hydrogen) atoms. The Balaban J connectivity index is 1.39. The number of aliphatic imine (C=N–C) groups is 1. The van der Waals surface area contributed by atoms with E-state index in [9.17, 15) is 0 Å². The quantitative estimate of drug-likeness (QED) is 0.567. The lowest BCUT2D eigenvalue weighted by molar-refractivity contribution is 0.0341. The van der Waals surface area contributed by atoms with Crippen LogP contribution >= 0.6 is 11.3 Å². The minimum atomic E-state index is 0.716. The zero-order valence-corrected chi connectivity index (χ0v) is 18.7. The molecule has 0 bridgehead atoms. The van der Waals surface area contributed by atoms with Crippen molar-refractivity contribution in [3.63, 3.8) is 0 Å². The number of rotatable bonds is 6. The summed E-state index contributed by atoms with van der Waals surface area (Å²) in [5.41, 5.74) is 2.69. The second-order valence-corrected chi connectivity index (χ2v) is 8.68. The Morgan fingerprint density at radius 2 is 1.77 bits per heavy atom. The molecule has 7 heteroatoms. The number of anilines is 1. The molecule has 3 heterocycles. The van der Waals surface area contributed by atoms with Gasteiger partial charge in [0.05, 0.1) is 24.8 Å². The Kier molecular flexibility index (Phi) is 7.61. The largest absolute Gasteiger partial charge is 0.379 e. The van der Waals surface area contributed by atoms with Gasteiger partial charge in [-0.2, -0.15) is 0 Å². The summed E-state index contributed by atoms with van der Waals surface area (Å²) in [5.74, 6) is 1.03. The van der Waals surface area contributed by atoms with Gasteiger partial charge in [-0.1, -0.05) is 24.3 Å². The number of piperazine rings is 1. The number of hydrogen-bond acceptors (Lipinski definition) is 5. The molecule has 0 spiro atoms. The third-order valence-corrected chi connectivity index (χ3v) is 6.68. The van der Waals surface area contributed by atoms with Gasteiger partial charge in [0.2, 0.25) is 0 Å². The van der Waals surface area contributed by atoms with E-state index in [4.69, 9.17) is 9.73 Å². The van der Waals surface area contributed by atoms with E-state index in [1.807, 2.05) is 11.3 Å². The molecular weight excluding hydrogens is 394 g/mol. The van der Waals surface area contributed by atoms with Gasteiger partial charge in [-0.3, -0.25) is 4.90 Å². The summed E-state index contributed by atoms with van der Waals surface area (Å²) in [5, 5.41) is 7.03. The molecule has 2 saturated heterocycles. The van der Waals surface area contributed by atoms with Gasteiger partial charge < -0.3 is 19.9 Å². The smallest absolute Gasteiger partial charge is 0.194 e. The van der Waals surface area contributed by atoms with E-state index in [1.54, 1.807) is 0 Å². The molecule has 2 aliphatic heterocycles. The van der Waals surface area contributed by atoms with Crippen LogP contribution in [0.4, 0.5) is 5.00 Å². The highest BCUT2D eigenvalue weighted by Gasteiger charge is 2.20. The first-order valence-electron chi connectivity index (χ1n) is 11.0. The number of benzene rings is 1. The first-order valence-corrected chi connectivity index (χ1v) is 11.9. The van der Waals surface area contributed by atoms with Crippen molar-refractivity contribution in [3.05, 3.63) is 52.9 Å². The van der Waals surface area contributed by atoms with Crippen molar-refractivity contribution in [1.29, 1.82) is 0 Å². The second kappa shape index (κ2) is 10.8. The predicted molar refractivity (Wildman–Crippen MR) is 125 cm³/mol. The Labute approximate surface area is 184 Å². The summed E-state index contributed by atoms with van der Waals surface area (Å²) in [6, 6.07) is 13.1. The highest BCUT2D eigenvalue weighted by Crippen LogP contribution is 2.22. The van der Waals surface area contributed by atoms with Crippen LogP contribution in [0, 0.1) is 0 Å². The lowest BCUT2D eigenvalue weighted by Crippen LogP contribution is -2.52. The van der Waals surface area contributed by atoms with Crippen LogP contribution in [0.5, 0.6) is 0 Å². The predicted octanol–water partition coefficient (Wildman–Crippen LogP) is 2.87. The first-order chi connectivity index (χ1) is 14.8.